The number of nitrogens with one attached hydrogen (secondary N) is 2. The fourth-order valence-corrected chi connectivity index (χ4v) is 0.885. The molecule has 0 spiro atoms. The minimum absolute atomic E-state index is 0.0187. The topological polar surface area (TPSA) is 50.4 Å². The van der Waals surface area contributed by atoms with E-state index in [1.54, 1.807) is 6.08 Å². The Kier molecular flexibility index (Phi) is 3.76. The van der Waals surface area contributed by atoms with Gasteiger partial charge < -0.3 is 15.4 Å². The highest BCUT2D eigenvalue weighted by Crippen LogP contribution is 1.98. The average molecular weight is 170 g/mol. The van der Waals surface area contributed by atoms with Gasteiger partial charge in [0.25, 0.3) is 0 Å². The number of carbonyl (C=O) groups is 1. The third-order valence-corrected chi connectivity index (χ3v) is 1.58. The van der Waals surface area contributed by atoms with Crippen LogP contribution in [0.4, 0.5) is 0 Å². The number of rotatable bonds is 5. The van der Waals surface area contributed by atoms with Crippen LogP contribution < -0.4 is 10.6 Å². The van der Waals surface area contributed by atoms with Gasteiger partial charge in [-0.1, -0.05) is 6.08 Å². The molecule has 1 aliphatic heterocycles. The van der Waals surface area contributed by atoms with Gasteiger partial charge in [-0.25, -0.2) is 0 Å². The van der Waals surface area contributed by atoms with Crippen molar-refractivity contribution >= 4 is 5.91 Å². The molecule has 1 fully saturated rings. The lowest BCUT2D eigenvalue weighted by molar-refractivity contribution is -0.124. The molecule has 0 saturated carbocycles. The van der Waals surface area contributed by atoms with Gasteiger partial charge in [-0.3, -0.25) is 4.79 Å². The molecule has 1 saturated heterocycles. The maximum Gasteiger partial charge on any atom is 0.234 e. The SMILES string of the molecule is C=CCNCC(=O)NC1COC1. The zero-order valence-electron chi connectivity index (χ0n) is 7.01. The van der Waals surface area contributed by atoms with Gasteiger partial charge in [-0.2, -0.15) is 0 Å². The summed E-state index contributed by atoms with van der Waals surface area (Å²) < 4.78 is 4.91. The molecule has 1 amide bonds. The molecule has 0 radical (unpaired) electrons. The van der Waals surface area contributed by atoms with Gasteiger partial charge in [0.1, 0.15) is 0 Å². The normalized spacial score (nSPS) is 16.7. The van der Waals surface area contributed by atoms with Crippen molar-refractivity contribution in [3.8, 4) is 0 Å². The molecular formula is C8H14N2O2. The Hall–Kier alpha value is -0.870. The Morgan fingerprint density at radius 3 is 2.92 bits per heavy atom. The maximum absolute atomic E-state index is 11.1. The summed E-state index contributed by atoms with van der Waals surface area (Å²) in [5.74, 6) is 0.0187. The van der Waals surface area contributed by atoms with Crippen LogP contribution in [0.3, 0.4) is 0 Å². The molecule has 68 valence electrons. The van der Waals surface area contributed by atoms with E-state index in [2.05, 4.69) is 17.2 Å². The molecule has 0 aromatic carbocycles. The summed E-state index contributed by atoms with van der Waals surface area (Å²) in [4.78, 5) is 11.1. The van der Waals surface area contributed by atoms with E-state index in [1.165, 1.54) is 0 Å². The van der Waals surface area contributed by atoms with Crippen molar-refractivity contribution in [2.45, 2.75) is 6.04 Å². The molecule has 0 bridgehead atoms. The first kappa shape index (κ1) is 9.22. The third-order valence-electron chi connectivity index (χ3n) is 1.58. The summed E-state index contributed by atoms with van der Waals surface area (Å²) in [6.07, 6.45) is 1.72. The lowest BCUT2D eigenvalue weighted by atomic mass is 10.2. The van der Waals surface area contributed by atoms with Gasteiger partial charge in [-0.05, 0) is 0 Å². The van der Waals surface area contributed by atoms with Crippen LogP contribution >= 0.6 is 0 Å². The van der Waals surface area contributed by atoms with E-state index in [9.17, 15) is 4.79 Å². The highest BCUT2D eigenvalue weighted by atomic mass is 16.5. The molecule has 0 aromatic heterocycles. The molecule has 4 nitrogen and oxygen atoms in total. The Morgan fingerprint density at radius 1 is 1.67 bits per heavy atom. The highest BCUT2D eigenvalue weighted by molar-refractivity contribution is 5.78. The molecule has 0 aliphatic carbocycles. The van der Waals surface area contributed by atoms with Crippen molar-refractivity contribution in [3.63, 3.8) is 0 Å². The molecule has 0 atom stereocenters. The molecule has 1 aliphatic rings. The van der Waals surface area contributed by atoms with Crippen LogP contribution in [-0.2, 0) is 9.53 Å². The molecule has 2 N–H and O–H groups in total. The standard InChI is InChI=1S/C8H14N2O2/c1-2-3-9-4-8(11)10-7-5-12-6-7/h2,7,9H,1,3-6H2,(H,10,11). The van der Waals surface area contributed by atoms with Crippen molar-refractivity contribution in [2.24, 2.45) is 0 Å². The maximum atomic E-state index is 11.1. The monoisotopic (exact) mass is 170 g/mol. The second-order valence-corrected chi connectivity index (χ2v) is 2.72. The fraction of sp³-hybridized carbons (Fsp3) is 0.625. The van der Waals surface area contributed by atoms with Crippen LogP contribution in [0, 0.1) is 0 Å². The van der Waals surface area contributed by atoms with E-state index in [4.69, 9.17) is 4.74 Å². The Balaban J connectivity index is 1.99. The zero-order chi connectivity index (χ0) is 8.81. The smallest absolute Gasteiger partial charge is 0.234 e. The van der Waals surface area contributed by atoms with E-state index in [-0.39, 0.29) is 11.9 Å². The van der Waals surface area contributed by atoms with E-state index in [1.807, 2.05) is 0 Å². The predicted octanol–water partition coefficient (Wildman–Crippen LogP) is -0.723. The van der Waals surface area contributed by atoms with Crippen LogP contribution in [0.15, 0.2) is 12.7 Å². The lowest BCUT2D eigenvalue weighted by Crippen LogP contribution is -2.50. The van der Waals surface area contributed by atoms with Crippen molar-refractivity contribution in [2.75, 3.05) is 26.3 Å². The van der Waals surface area contributed by atoms with Crippen molar-refractivity contribution < 1.29 is 9.53 Å². The molecule has 1 heterocycles. The number of amides is 1. The summed E-state index contributed by atoms with van der Waals surface area (Å²) in [5, 5.41) is 5.73. The van der Waals surface area contributed by atoms with E-state index in [0.717, 1.165) is 0 Å². The largest absolute Gasteiger partial charge is 0.377 e. The lowest BCUT2D eigenvalue weighted by Gasteiger charge is -2.26. The summed E-state index contributed by atoms with van der Waals surface area (Å²) in [5.41, 5.74) is 0. The van der Waals surface area contributed by atoms with Crippen LogP contribution in [0.1, 0.15) is 0 Å². The van der Waals surface area contributed by atoms with E-state index >= 15 is 0 Å². The Morgan fingerprint density at radius 2 is 2.42 bits per heavy atom. The fourth-order valence-electron chi connectivity index (χ4n) is 0.885. The van der Waals surface area contributed by atoms with Crippen LogP contribution in [0.25, 0.3) is 0 Å². The first-order valence-electron chi connectivity index (χ1n) is 4.01. The second-order valence-electron chi connectivity index (χ2n) is 2.72. The van der Waals surface area contributed by atoms with Gasteiger partial charge in [0.2, 0.25) is 5.91 Å². The van der Waals surface area contributed by atoms with Gasteiger partial charge >= 0.3 is 0 Å². The molecular weight excluding hydrogens is 156 g/mol. The molecule has 0 aromatic rings. The zero-order valence-corrected chi connectivity index (χ0v) is 7.01. The van der Waals surface area contributed by atoms with Gasteiger partial charge in [0.15, 0.2) is 0 Å². The number of carbonyl (C=O) groups excluding carboxylic acids is 1. The first-order chi connectivity index (χ1) is 5.83. The molecule has 0 unspecified atom stereocenters. The van der Waals surface area contributed by atoms with Crippen LogP contribution in [0.2, 0.25) is 0 Å². The summed E-state index contributed by atoms with van der Waals surface area (Å²) in [6.45, 7) is 5.83. The number of hydrogen-bond acceptors (Lipinski definition) is 3. The summed E-state index contributed by atoms with van der Waals surface area (Å²) in [6, 6.07) is 0.225. The third kappa shape index (κ3) is 3.02. The predicted molar refractivity (Wildman–Crippen MR) is 45.8 cm³/mol. The summed E-state index contributed by atoms with van der Waals surface area (Å²) in [7, 11) is 0. The van der Waals surface area contributed by atoms with Crippen molar-refractivity contribution in [3.05, 3.63) is 12.7 Å². The molecule has 4 heteroatoms. The van der Waals surface area contributed by atoms with E-state index < -0.39 is 0 Å². The average Bonchev–Trinajstić information content (AvgIpc) is 1.98. The van der Waals surface area contributed by atoms with Crippen LogP contribution in [0.5, 0.6) is 0 Å². The highest BCUT2D eigenvalue weighted by Gasteiger charge is 2.19. The van der Waals surface area contributed by atoms with Crippen LogP contribution in [-0.4, -0.2) is 38.3 Å². The first-order valence-corrected chi connectivity index (χ1v) is 4.01. The summed E-state index contributed by atoms with van der Waals surface area (Å²) >= 11 is 0. The van der Waals surface area contributed by atoms with Gasteiger partial charge in [-0.15, -0.1) is 6.58 Å². The van der Waals surface area contributed by atoms with E-state index in [0.29, 0.717) is 26.3 Å². The number of hydrogen-bond donors (Lipinski definition) is 2. The molecule has 1 rings (SSSR count). The Labute approximate surface area is 72.0 Å². The van der Waals surface area contributed by atoms with Gasteiger partial charge in [0.05, 0.1) is 25.8 Å². The number of ether oxygens (including phenoxy) is 1. The van der Waals surface area contributed by atoms with Crippen molar-refractivity contribution in [1.82, 2.24) is 10.6 Å². The van der Waals surface area contributed by atoms with Crippen molar-refractivity contribution in [1.29, 1.82) is 0 Å². The minimum Gasteiger partial charge on any atom is -0.377 e. The minimum atomic E-state index is 0.0187. The van der Waals surface area contributed by atoms with Gasteiger partial charge in [0, 0.05) is 6.54 Å². The molecule has 12 heavy (non-hydrogen) atoms. The Bertz CT molecular complexity index is 166. The second kappa shape index (κ2) is 4.90. The quantitative estimate of drug-likeness (QED) is 0.423.